The highest BCUT2D eigenvalue weighted by Gasteiger charge is 2.22. The largest absolute Gasteiger partial charge is 0.301 e. The summed E-state index contributed by atoms with van der Waals surface area (Å²) in [6.45, 7) is 1.76. The standard InChI is InChI=1S/C11H13BrF2O3S/c1-8-4-5-10(18(15,16)17)7-9(8)3-2-6-11(12,13)14/h4-5,7H,2-3,6H2,1H3,(H,15,16,17). The van der Waals surface area contributed by atoms with E-state index in [2.05, 4.69) is 15.9 Å². The van der Waals surface area contributed by atoms with Crippen molar-refractivity contribution in [1.29, 1.82) is 0 Å². The molecule has 7 heteroatoms. The fraction of sp³-hybridized carbons (Fsp3) is 0.455. The smallest absolute Gasteiger partial charge is 0.282 e. The van der Waals surface area contributed by atoms with Gasteiger partial charge in [-0.25, -0.2) is 0 Å². The third-order valence-corrected chi connectivity index (χ3v) is 3.77. The summed E-state index contributed by atoms with van der Waals surface area (Å²) in [7, 11) is -4.25. The van der Waals surface area contributed by atoms with E-state index in [1.165, 1.54) is 12.1 Å². The Bertz CT molecular complexity index is 524. The molecule has 1 aromatic rings. The summed E-state index contributed by atoms with van der Waals surface area (Å²) >= 11 is 2.25. The second kappa shape index (κ2) is 5.63. The van der Waals surface area contributed by atoms with Gasteiger partial charge in [0.2, 0.25) is 0 Å². The van der Waals surface area contributed by atoms with Gasteiger partial charge in [0.25, 0.3) is 10.1 Å². The van der Waals surface area contributed by atoms with Gasteiger partial charge in [-0.3, -0.25) is 4.55 Å². The van der Waals surface area contributed by atoms with Gasteiger partial charge in [0.05, 0.1) is 4.90 Å². The molecule has 0 unspecified atom stereocenters. The van der Waals surface area contributed by atoms with Gasteiger partial charge in [0.1, 0.15) is 0 Å². The number of aryl methyl sites for hydroxylation is 2. The zero-order chi connectivity index (χ0) is 14.0. The van der Waals surface area contributed by atoms with E-state index >= 15 is 0 Å². The van der Waals surface area contributed by atoms with Crippen LogP contribution in [0, 0.1) is 6.92 Å². The van der Waals surface area contributed by atoms with E-state index in [-0.39, 0.29) is 17.7 Å². The van der Waals surface area contributed by atoms with E-state index in [1.54, 1.807) is 13.0 Å². The molecule has 0 amide bonds. The molecular weight excluding hydrogens is 330 g/mol. The molecule has 18 heavy (non-hydrogen) atoms. The minimum absolute atomic E-state index is 0.214. The number of rotatable bonds is 5. The molecule has 0 saturated carbocycles. The quantitative estimate of drug-likeness (QED) is 0.657. The zero-order valence-corrected chi connectivity index (χ0v) is 12.1. The van der Waals surface area contributed by atoms with Crippen LogP contribution in [-0.4, -0.2) is 17.8 Å². The molecule has 1 aromatic carbocycles. The Morgan fingerprint density at radius 2 is 2.00 bits per heavy atom. The molecule has 3 nitrogen and oxygen atoms in total. The molecule has 0 aromatic heterocycles. The van der Waals surface area contributed by atoms with Gasteiger partial charge in [-0.15, -0.1) is 0 Å². The molecule has 0 bridgehead atoms. The maximum Gasteiger partial charge on any atom is 0.301 e. The van der Waals surface area contributed by atoms with E-state index in [0.29, 0.717) is 12.0 Å². The lowest BCUT2D eigenvalue weighted by atomic mass is 10.0. The van der Waals surface area contributed by atoms with Gasteiger partial charge in [-0.05, 0) is 59.0 Å². The van der Waals surface area contributed by atoms with Crippen molar-refractivity contribution in [3.8, 4) is 0 Å². The van der Waals surface area contributed by atoms with Crippen LogP contribution in [0.5, 0.6) is 0 Å². The van der Waals surface area contributed by atoms with Crippen LogP contribution in [0.15, 0.2) is 23.1 Å². The van der Waals surface area contributed by atoms with E-state index in [1.807, 2.05) is 0 Å². The number of halogens is 3. The summed E-state index contributed by atoms with van der Waals surface area (Å²) in [6, 6.07) is 4.15. The fourth-order valence-corrected chi connectivity index (χ4v) is 2.37. The maximum absolute atomic E-state index is 12.6. The molecule has 0 aliphatic heterocycles. The van der Waals surface area contributed by atoms with Crippen molar-refractivity contribution in [3.05, 3.63) is 29.3 Å². The maximum atomic E-state index is 12.6. The first-order chi connectivity index (χ1) is 8.09. The zero-order valence-electron chi connectivity index (χ0n) is 9.66. The third kappa shape index (κ3) is 4.99. The Morgan fingerprint density at radius 3 is 2.50 bits per heavy atom. The first kappa shape index (κ1) is 15.5. The summed E-state index contributed by atoms with van der Waals surface area (Å²) in [5.74, 6) is 0. The molecule has 0 heterocycles. The van der Waals surface area contributed by atoms with Crippen LogP contribution in [0.1, 0.15) is 24.0 Å². The molecule has 1 rings (SSSR count). The van der Waals surface area contributed by atoms with E-state index < -0.39 is 14.9 Å². The lowest BCUT2D eigenvalue weighted by Crippen LogP contribution is -2.06. The number of hydrogen-bond donors (Lipinski definition) is 1. The summed E-state index contributed by atoms with van der Waals surface area (Å²) in [4.78, 5) is -3.12. The highest BCUT2D eigenvalue weighted by Crippen LogP contribution is 2.28. The Morgan fingerprint density at radius 1 is 1.39 bits per heavy atom. The number of alkyl halides is 3. The predicted molar refractivity (Wildman–Crippen MR) is 67.8 cm³/mol. The molecule has 0 atom stereocenters. The molecule has 0 aliphatic carbocycles. The van der Waals surface area contributed by atoms with Crippen molar-refractivity contribution in [2.45, 2.75) is 35.9 Å². The van der Waals surface area contributed by atoms with Crippen LogP contribution in [0.4, 0.5) is 8.78 Å². The Balaban J connectivity index is 2.83. The SMILES string of the molecule is Cc1ccc(S(=O)(=O)O)cc1CCCC(F)(F)Br. The minimum Gasteiger partial charge on any atom is -0.282 e. The molecular formula is C11H13BrF2O3S. The topological polar surface area (TPSA) is 54.4 Å². The van der Waals surface area contributed by atoms with Crippen molar-refractivity contribution in [2.75, 3.05) is 0 Å². The highest BCUT2D eigenvalue weighted by molar-refractivity contribution is 9.09. The molecule has 0 fully saturated rings. The molecule has 1 N–H and O–H groups in total. The van der Waals surface area contributed by atoms with Gasteiger partial charge in [0, 0.05) is 6.42 Å². The molecule has 0 saturated heterocycles. The van der Waals surface area contributed by atoms with Crippen molar-refractivity contribution in [2.24, 2.45) is 0 Å². The fourth-order valence-electron chi connectivity index (χ4n) is 1.56. The normalized spacial score (nSPS) is 12.7. The van der Waals surface area contributed by atoms with Crippen molar-refractivity contribution >= 4 is 26.0 Å². The average Bonchev–Trinajstić information content (AvgIpc) is 2.17. The van der Waals surface area contributed by atoms with E-state index in [0.717, 1.165) is 5.56 Å². The summed E-state index contributed by atoms with van der Waals surface area (Å²) in [5, 5.41) is 0. The predicted octanol–water partition coefficient (Wildman–Crippen LogP) is 3.55. The average molecular weight is 343 g/mol. The molecule has 0 spiro atoms. The Hall–Kier alpha value is -0.530. The molecule has 0 aliphatic rings. The molecule has 102 valence electrons. The lowest BCUT2D eigenvalue weighted by Gasteiger charge is -2.10. The Labute approximate surface area is 113 Å². The van der Waals surface area contributed by atoms with Gasteiger partial charge in [0.15, 0.2) is 0 Å². The van der Waals surface area contributed by atoms with Gasteiger partial charge in [-0.2, -0.15) is 17.2 Å². The lowest BCUT2D eigenvalue weighted by molar-refractivity contribution is 0.102. The second-order valence-corrected chi connectivity index (χ2v) is 6.61. The van der Waals surface area contributed by atoms with Crippen molar-refractivity contribution in [1.82, 2.24) is 0 Å². The summed E-state index contributed by atoms with van der Waals surface area (Å²) in [5.41, 5.74) is 1.45. The van der Waals surface area contributed by atoms with Gasteiger partial charge < -0.3 is 0 Å². The van der Waals surface area contributed by atoms with Crippen LogP contribution >= 0.6 is 15.9 Å². The first-order valence-corrected chi connectivity index (χ1v) is 7.47. The first-order valence-electron chi connectivity index (χ1n) is 5.23. The molecule has 0 radical (unpaired) electrons. The van der Waals surface area contributed by atoms with Crippen LogP contribution < -0.4 is 0 Å². The van der Waals surface area contributed by atoms with E-state index in [9.17, 15) is 17.2 Å². The van der Waals surface area contributed by atoms with Gasteiger partial charge >= 0.3 is 4.83 Å². The number of hydrogen-bond acceptors (Lipinski definition) is 2. The Kier molecular flexibility index (Phi) is 4.85. The van der Waals surface area contributed by atoms with Crippen LogP contribution in [-0.2, 0) is 16.5 Å². The van der Waals surface area contributed by atoms with Gasteiger partial charge in [-0.1, -0.05) is 6.07 Å². The van der Waals surface area contributed by atoms with Crippen molar-refractivity contribution in [3.63, 3.8) is 0 Å². The third-order valence-electron chi connectivity index (χ3n) is 2.52. The van der Waals surface area contributed by atoms with Crippen LogP contribution in [0.2, 0.25) is 0 Å². The highest BCUT2D eigenvalue weighted by atomic mass is 79.9. The number of benzene rings is 1. The monoisotopic (exact) mass is 342 g/mol. The summed E-state index contributed by atoms with van der Waals surface area (Å²) in [6.07, 6.45) is 0.215. The second-order valence-electron chi connectivity index (χ2n) is 4.03. The van der Waals surface area contributed by atoms with E-state index in [4.69, 9.17) is 4.55 Å². The minimum atomic E-state index is -4.25. The van der Waals surface area contributed by atoms with Crippen LogP contribution in [0.25, 0.3) is 0 Å². The van der Waals surface area contributed by atoms with Crippen LogP contribution in [0.3, 0.4) is 0 Å². The summed E-state index contributed by atoms with van der Waals surface area (Å²) < 4.78 is 56.0. The van der Waals surface area contributed by atoms with Crippen molar-refractivity contribution < 1.29 is 21.8 Å².